The van der Waals surface area contributed by atoms with E-state index in [1.54, 1.807) is 13.1 Å². The van der Waals surface area contributed by atoms with Crippen molar-refractivity contribution in [2.24, 2.45) is 17.3 Å². The van der Waals surface area contributed by atoms with E-state index in [4.69, 9.17) is 17.0 Å². The summed E-state index contributed by atoms with van der Waals surface area (Å²) in [4.78, 5) is 0.121. The van der Waals surface area contributed by atoms with Gasteiger partial charge < -0.3 is 19.7 Å². The predicted octanol–water partition coefficient (Wildman–Crippen LogP) is 3.95. The van der Waals surface area contributed by atoms with Crippen molar-refractivity contribution in [2.75, 3.05) is 31.6 Å². The number of azo groups is 1. The number of rotatable bonds is 5. The van der Waals surface area contributed by atoms with Gasteiger partial charge in [0.05, 0.1) is 23.6 Å². The summed E-state index contributed by atoms with van der Waals surface area (Å²) in [6.45, 7) is 3.39. The summed E-state index contributed by atoms with van der Waals surface area (Å²) < 4.78 is 34.3. The maximum Gasteiger partial charge on any atom is 0.243 e. The average Bonchev–Trinajstić information content (AvgIpc) is 3.07. The smallest absolute Gasteiger partial charge is 0.243 e. The standard InChI is InChI=1S/C22H25N5O4S2/c1-3-15-4-6-16(7-5-15)23-22(32)25-24-20-18-14-17(8-9-19(18)26(2)21(20)28)33(29,30)27-10-12-31-13-11-27/h4-9,14,28H,3,10-13H2,1-2H3,(H,23,32). The van der Waals surface area contributed by atoms with E-state index >= 15 is 0 Å². The van der Waals surface area contributed by atoms with Crippen LogP contribution in [-0.2, 0) is 28.2 Å². The van der Waals surface area contributed by atoms with Crippen molar-refractivity contribution in [2.45, 2.75) is 18.2 Å². The Hall–Kier alpha value is -2.86. The van der Waals surface area contributed by atoms with Gasteiger partial charge in [-0.25, -0.2) is 8.42 Å². The summed E-state index contributed by atoms with van der Waals surface area (Å²) in [5, 5.41) is 22.3. The number of hydrogen-bond acceptors (Lipinski definition) is 6. The van der Waals surface area contributed by atoms with Crippen molar-refractivity contribution >= 4 is 49.6 Å². The Morgan fingerprint density at radius 1 is 1.18 bits per heavy atom. The molecule has 1 aliphatic heterocycles. The van der Waals surface area contributed by atoms with E-state index < -0.39 is 10.0 Å². The summed E-state index contributed by atoms with van der Waals surface area (Å²) in [6.07, 6.45) is 0.939. The third-order valence-electron chi connectivity index (χ3n) is 5.58. The minimum absolute atomic E-state index is 0.118. The fourth-order valence-electron chi connectivity index (χ4n) is 3.65. The van der Waals surface area contributed by atoms with Crippen molar-refractivity contribution in [3.05, 3.63) is 48.0 Å². The topological polar surface area (TPSA) is 109 Å². The molecular formula is C22H25N5O4S2. The van der Waals surface area contributed by atoms with Gasteiger partial charge in [-0.05, 0) is 54.5 Å². The van der Waals surface area contributed by atoms with E-state index in [0.29, 0.717) is 37.2 Å². The van der Waals surface area contributed by atoms with Gasteiger partial charge in [-0.15, -0.1) is 10.2 Å². The fourth-order valence-corrected chi connectivity index (χ4v) is 5.25. The minimum atomic E-state index is -3.70. The molecule has 2 N–H and O–H groups in total. The molecule has 0 bridgehead atoms. The van der Waals surface area contributed by atoms with Crippen LogP contribution >= 0.6 is 12.2 Å². The molecule has 2 aromatic carbocycles. The molecule has 0 amide bonds. The van der Waals surface area contributed by atoms with Gasteiger partial charge in [0, 0.05) is 31.2 Å². The molecule has 1 aromatic heterocycles. The summed E-state index contributed by atoms with van der Waals surface area (Å²) in [5.41, 5.74) is 2.75. The van der Waals surface area contributed by atoms with Crippen LogP contribution in [0.4, 0.5) is 11.4 Å². The number of nitrogens with one attached hydrogen (secondary N) is 1. The first-order valence-corrected chi connectivity index (χ1v) is 12.4. The lowest BCUT2D eigenvalue weighted by Crippen LogP contribution is -2.40. The maximum absolute atomic E-state index is 13.1. The average molecular weight is 488 g/mol. The zero-order valence-electron chi connectivity index (χ0n) is 18.4. The van der Waals surface area contributed by atoms with Crippen LogP contribution in [0.25, 0.3) is 10.9 Å². The molecule has 33 heavy (non-hydrogen) atoms. The lowest BCUT2D eigenvalue weighted by atomic mass is 10.1. The molecule has 174 valence electrons. The number of aromatic hydroxyl groups is 1. The Labute approximate surface area is 197 Å². The summed E-state index contributed by atoms with van der Waals surface area (Å²) in [7, 11) is -2.03. The van der Waals surface area contributed by atoms with Gasteiger partial charge >= 0.3 is 0 Å². The van der Waals surface area contributed by atoms with E-state index in [1.165, 1.54) is 26.6 Å². The van der Waals surface area contributed by atoms with Crippen LogP contribution in [0.5, 0.6) is 5.88 Å². The molecule has 1 saturated heterocycles. The van der Waals surface area contributed by atoms with Gasteiger partial charge in [-0.3, -0.25) is 0 Å². The lowest BCUT2D eigenvalue weighted by Gasteiger charge is -2.26. The number of sulfonamides is 1. The molecule has 4 rings (SSSR count). The predicted molar refractivity (Wildman–Crippen MR) is 131 cm³/mol. The maximum atomic E-state index is 13.1. The van der Waals surface area contributed by atoms with Crippen molar-refractivity contribution < 1.29 is 18.3 Å². The zero-order valence-corrected chi connectivity index (χ0v) is 20.0. The summed E-state index contributed by atoms with van der Waals surface area (Å²) >= 11 is 5.27. The Morgan fingerprint density at radius 3 is 2.55 bits per heavy atom. The number of hydrogen-bond donors (Lipinski definition) is 2. The summed E-state index contributed by atoms with van der Waals surface area (Å²) in [6, 6.07) is 12.5. The highest BCUT2D eigenvalue weighted by atomic mass is 32.2. The van der Waals surface area contributed by atoms with Gasteiger partial charge in [-0.2, -0.15) is 4.31 Å². The van der Waals surface area contributed by atoms with E-state index in [1.807, 2.05) is 24.3 Å². The summed E-state index contributed by atoms with van der Waals surface area (Å²) in [5.74, 6) is -0.134. The molecule has 0 saturated carbocycles. The van der Waals surface area contributed by atoms with E-state index in [0.717, 1.165) is 12.1 Å². The molecule has 9 nitrogen and oxygen atoms in total. The Morgan fingerprint density at radius 2 is 1.88 bits per heavy atom. The highest BCUT2D eigenvalue weighted by molar-refractivity contribution is 7.89. The second-order valence-electron chi connectivity index (χ2n) is 7.61. The van der Waals surface area contributed by atoms with Crippen molar-refractivity contribution in [1.29, 1.82) is 0 Å². The van der Waals surface area contributed by atoms with Crippen LogP contribution in [0, 0.1) is 0 Å². The van der Waals surface area contributed by atoms with Crippen molar-refractivity contribution in [3.8, 4) is 5.88 Å². The van der Waals surface area contributed by atoms with Gasteiger partial charge in [0.15, 0.2) is 5.69 Å². The first-order valence-electron chi connectivity index (χ1n) is 10.5. The SMILES string of the molecule is CCc1ccc(NC(=S)N=Nc2c(O)n(C)c3ccc(S(=O)(=O)N4CCOCC4)cc23)cc1. The molecule has 1 aliphatic rings. The lowest BCUT2D eigenvalue weighted by molar-refractivity contribution is 0.0730. The van der Waals surface area contributed by atoms with Crippen LogP contribution in [-0.4, -0.2) is 53.8 Å². The molecular weight excluding hydrogens is 462 g/mol. The molecule has 11 heteroatoms. The molecule has 1 fully saturated rings. The Bertz CT molecular complexity index is 1310. The number of anilines is 1. The number of morpholine rings is 1. The molecule has 0 radical (unpaired) electrons. The van der Waals surface area contributed by atoms with Crippen molar-refractivity contribution in [1.82, 2.24) is 8.87 Å². The number of benzene rings is 2. The molecule has 0 unspecified atom stereocenters. The second kappa shape index (κ2) is 9.56. The molecule has 2 heterocycles. The zero-order chi connectivity index (χ0) is 23.6. The quantitative estimate of drug-likeness (QED) is 0.417. The first kappa shape index (κ1) is 23.3. The third kappa shape index (κ3) is 4.76. The molecule has 0 atom stereocenters. The van der Waals surface area contributed by atoms with Gasteiger partial charge in [0.1, 0.15) is 0 Å². The third-order valence-corrected chi connectivity index (χ3v) is 7.65. The number of thiocarbonyl (C=S) groups is 1. The largest absolute Gasteiger partial charge is 0.493 e. The monoisotopic (exact) mass is 487 g/mol. The van der Waals surface area contributed by atoms with Gasteiger partial charge in [0.2, 0.25) is 21.0 Å². The van der Waals surface area contributed by atoms with E-state index in [9.17, 15) is 13.5 Å². The van der Waals surface area contributed by atoms with Crippen LogP contribution < -0.4 is 5.32 Å². The molecule has 0 aliphatic carbocycles. The van der Waals surface area contributed by atoms with E-state index in [2.05, 4.69) is 22.5 Å². The van der Waals surface area contributed by atoms with Crippen LogP contribution in [0.1, 0.15) is 12.5 Å². The number of fused-ring (bicyclic) bond motifs is 1. The Balaban J connectivity index is 1.63. The molecule has 0 spiro atoms. The number of aromatic nitrogens is 1. The number of ether oxygens (including phenoxy) is 1. The molecule has 3 aromatic rings. The normalized spacial score (nSPS) is 15.3. The Kier molecular flexibility index (Phi) is 6.75. The van der Waals surface area contributed by atoms with E-state index in [-0.39, 0.29) is 21.6 Å². The van der Waals surface area contributed by atoms with Crippen molar-refractivity contribution in [3.63, 3.8) is 0 Å². The second-order valence-corrected chi connectivity index (χ2v) is 9.93. The highest BCUT2D eigenvalue weighted by Crippen LogP contribution is 2.39. The number of nitrogens with zero attached hydrogens (tertiary/aromatic N) is 4. The van der Waals surface area contributed by atoms with Crippen LogP contribution in [0.15, 0.2) is 57.6 Å². The minimum Gasteiger partial charge on any atom is -0.493 e. The fraction of sp³-hybridized carbons (Fsp3) is 0.318. The van der Waals surface area contributed by atoms with Crippen LogP contribution in [0.2, 0.25) is 0 Å². The van der Waals surface area contributed by atoms with Crippen LogP contribution in [0.3, 0.4) is 0 Å². The first-order chi connectivity index (χ1) is 15.8. The van der Waals surface area contributed by atoms with Gasteiger partial charge in [-0.1, -0.05) is 19.1 Å². The highest BCUT2D eigenvalue weighted by Gasteiger charge is 2.27. The number of aryl methyl sites for hydroxylation is 2. The van der Waals surface area contributed by atoms with Gasteiger partial charge in [0.25, 0.3) is 0 Å².